The minimum absolute atomic E-state index is 0.780. The number of nitrogens with one attached hydrogen (secondary N) is 1. The zero-order valence-electron chi connectivity index (χ0n) is 7.14. The first-order valence-electron chi connectivity index (χ1n) is 4.63. The monoisotopic (exact) mass is 182 g/mol. The molecule has 0 aliphatic heterocycles. The van der Waals surface area contributed by atoms with Gasteiger partial charge in [-0.3, -0.25) is 0 Å². The number of nitrogens with zero attached hydrogens (tertiary/aromatic N) is 1. The molecule has 2 nitrogen and oxygen atoms in total. The fourth-order valence-corrected chi connectivity index (χ4v) is 2.05. The number of thiol groups is 1. The molecular weight excluding hydrogens is 168 g/mol. The van der Waals surface area contributed by atoms with E-state index in [4.69, 9.17) is 0 Å². The topological polar surface area (TPSA) is 28.7 Å². The van der Waals surface area contributed by atoms with E-state index in [1.54, 1.807) is 0 Å². The molecule has 1 N–H and O–H groups in total. The van der Waals surface area contributed by atoms with Gasteiger partial charge in [-0.15, -0.1) is 12.6 Å². The lowest BCUT2D eigenvalue weighted by Gasteiger charge is -2.06. The van der Waals surface area contributed by atoms with E-state index in [-0.39, 0.29) is 0 Å². The summed E-state index contributed by atoms with van der Waals surface area (Å²) in [6.45, 7) is 0. The SMILES string of the molecule is Sc1nc2c([nH]1)CCCCCC2. The maximum atomic E-state index is 4.36. The van der Waals surface area contributed by atoms with Gasteiger partial charge in [-0.05, 0) is 25.7 Å². The molecule has 0 unspecified atom stereocenters. The molecule has 0 fully saturated rings. The van der Waals surface area contributed by atoms with Crippen LogP contribution in [0.25, 0.3) is 0 Å². The van der Waals surface area contributed by atoms with Crippen LogP contribution in [-0.2, 0) is 12.8 Å². The Morgan fingerprint density at radius 1 is 1.08 bits per heavy atom. The van der Waals surface area contributed by atoms with Gasteiger partial charge in [-0.1, -0.05) is 12.8 Å². The van der Waals surface area contributed by atoms with Gasteiger partial charge >= 0.3 is 0 Å². The lowest BCUT2D eigenvalue weighted by Crippen LogP contribution is -1.98. The Balaban J connectivity index is 2.23. The highest BCUT2D eigenvalue weighted by Crippen LogP contribution is 2.18. The number of hydrogen-bond acceptors (Lipinski definition) is 2. The maximum absolute atomic E-state index is 4.36. The number of hydrogen-bond donors (Lipinski definition) is 2. The van der Waals surface area contributed by atoms with Crippen LogP contribution in [0.15, 0.2) is 5.16 Å². The van der Waals surface area contributed by atoms with Crippen molar-refractivity contribution in [2.45, 2.75) is 43.7 Å². The molecule has 0 radical (unpaired) electrons. The maximum Gasteiger partial charge on any atom is 0.162 e. The first-order valence-corrected chi connectivity index (χ1v) is 5.08. The minimum Gasteiger partial charge on any atom is -0.337 e. The number of aryl methyl sites for hydroxylation is 2. The van der Waals surface area contributed by atoms with Crippen LogP contribution in [0.2, 0.25) is 0 Å². The second kappa shape index (κ2) is 3.52. The second-order valence-corrected chi connectivity index (χ2v) is 3.82. The fraction of sp³-hybridized carbons (Fsp3) is 0.667. The third-order valence-electron chi connectivity index (χ3n) is 2.44. The molecule has 2 rings (SSSR count). The van der Waals surface area contributed by atoms with E-state index in [1.807, 2.05) is 0 Å². The van der Waals surface area contributed by atoms with Gasteiger partial charge in [0, 0.05) is 5.69 Å². The highest BCUT2D eigenvalue weighted by Gasteiger charge is 2.10. The Bertz CT molecular complexity index is 242. The molecule has 1 aromatic heterocycles. The summed E-state index contributed by atoms with van der Waals surface area (Å²) >= 11 is 4.21. The molecule has 0 saturated heterocycles. The van der Waals surface area contributed by atoms with Crippen molar-refractivity contribution < 1.29 is 0 Å². The van der Waals surface area contributed by atoms with Crippen LogP contribution in [0.5, 0.6) is 0 Å². The van der Waals surface area contributed by atoms with E-state index in [1.165, 1.54) is 37.1 Å². The van der Waals surface area contributed by atoms with Gasteiger partial charge in [0.2, 0.25) is 0 Å². The summed E-state index contributed by atoms with van der Waals surface area (Å²) in [6, 6.07) is 0. The molecule has 66 valence electrons. The molecule has 0 amide bonds. The molecule has 0 saturated carbocycles. The molecule has 12 heavy (non-hydrogen) atoms. The normalized spacial score (nSPS) is 18.1. The van der Waals surface area contributed by atoms with Crippen molar-refractivity contribution in [2.75, 3.05) is 0 Å². The second-order valence-electron chi connectivity index (χ2n) is 3.40. The van der Waals surface area contributed by atoms with Gasteiger partial charge in [-0.25, -0.2) is 4.98 Å². The van der Waals surface area contributed by atoms with E-state index < -0.39 is 0 Å². The summed E-state index contributed by atoms with van der Waals surface area (Å²) in [5.74, 6) is 0. The Morgan fingerprint density at radius 2 is 1.83 bits per heavy atom. The first-order chi connectivity index (χ1) is 5.86. The fourth-order valence-electron chi connectivity index (χ4n) is 1.79. The standard InChI is InChI=1S/C9H14N2S/c12-9-10-7-5-3-1-2-4-6-8(7)11-9/h1-6H2,(H2,10,11,12). The Kier molecular flexibility index (Phi) is 2.40. The van der Waals surface area contributed by atoms with Crippen LogP contribution >= 0.6 is 12.6 Å². The van der Waals surface area contributed by atoms with Crippen molar-refractivity contribution in [1.29, 1.82) is 0 Å². The third-order valence-corrected chi connectivity index (χ3v) is 2.65. The summed E-state index contributed by atoms with van der Waals surface area (Å²) in [5, 5.41) is 0.780. The highest BCUT2D eigenvalue weighted by molar-refractivity contribution is 7.80. The Hall–Kier alpha value is -0.440. The number of rotatable bonds is 0. The summed E-state index contributed by atoms with van der Waals surface area (Å²) in [4.78, 5) is 7.58. The lowest BCUT2D eigenvalue weighted by molar-refractivity contribution is 0.608. The van der Waals surface area contributed by atoms with Crippen LogP contribution in [0.1, 0.15) is 37.1 Å². The minimum atomic E-state index is 0.780. The average molecular weight is 182 g/mol. The molecular formula is C9H14N2S. The Labute approximate surface area is 78.2 Å². The van der Waals surface area contributed by atoms with Crippen molar-refractivity contribution in [1.82, 2.24) is 9.97 Å². The molecule has 1 aliphatic rings. The summed E-state index contributed by atoms with van der Waals surface area (Å²) < 4.78 is 0. The quantitative estimate of drug-likeness (QED) is 0.592. The smallest absolute Gasteiger partial charge is 0.162 e. The first kappa shape index (κ1) is 8.17. The Morgan fingerprint density at radius 3 is 2.67 bits per heavy atom. The van der Waals surface area contributed by atoms with E-state index in [0.717, 1.165) is 18.0 Å². The van der Waals surface area contributed by atoms with Crippen molar-refractivity contribution >= 4 is 12.6 Å². The predicted molar refractivity (Wildman–Crippen MR) is 51.7 cm³/mol. The molecule has 1 aliphatic carbocycles. The third kappa shape index (κ3) is 1.66. The summed E-state index contributed by atoms with van der Waals surface area (Å²) in [7, 11) is 0. The molecule has 0 atom stereocenters. The van der Waals surface area contributed by atoms with Crippen molar-refractivity contribution in [3.05, 3.63) is 11.4 Å². The predicted octanol–water partition coefficient (Wildman–Crippen LogP) is 2.36. The molecule has 0 spiro atoms. The highest BCUT2D eigenvalue weighted by atomic mass is 32.1. The van der Waals surface area contributed by atoms with Gasteiger partial charge < -0.3 is 4.98 Å². The lowest BCUT2D eigenvalue weighted by atomic mass is 10.0. The molecule has 0 aromatic carbocycles. The summed E-state index contributed by atoms with van der Waals surface area (Å²) in [6.07, 6.45) is 7.58. The van der Waals surface area contributed by atoms with E-state index in [9.17, 15) is 0 Å². The van der Waals surface area contributed by atoms with E-state index in [2.05, 4.69) is 22.6 Å². The zero-order valence-corrected chi connectivity index (χ0v) is 8.03. The van der Waals surface area contributed by atoms with Gasteiger partial charge in [0.1, 0.15) is 0 Å². The number of fused-ring (bicyclic) bond motifs is 1. The largest absolute Gasteiger partial charge is 0.337 e. The number of H-pyrrole nitrogens is 1. The van der Waals surface area contributed by atoms with Crippen molar-refractivity contribution in [3.8, 4) is 0 Å². The molecule has 3 heteroatoms. The van der Waals surface area contributed by atoms with Gasteiger partial charge in [-0.2, -0.15) is 0 Å². The number of aromatic amines is 1. The van der Waals surface area contributed by atoms with Gasteiger partial charge in [0.25, 0.3) is 0 Å². The van der Waals surface area contributed by atoms with Crippen LogP contribution in [0.3, 0.4) is 0 Å². The van der Waals surface area contributed by atoms with Crippen LogP contribution in [0, 0.1) is 0 Å². The van der Waals surface area contributed by atoms with E-state index >= 15 is 0 Å². The van der Waals surface area contributed by atoms with Gasteiger partial charge in [0.15, 0.2) is 5.16 Å². The van der Waals surface area contributed by atoms with E-state index in [0.29, 0.717) is 0 Å². The molecule has 1 heterocycles. The molecule has 0 bridgehead atoms. The number of imidazole rings is 1. The van der Waals surface area contributed by atoms with Crippen molar-refractivity contribution in [3.63, 3.8) is 0 Å². The number of aromatic nitrogens is 2. The van der Waals surface area contributed by atoms with Gasteiger partial charge in [0.05, 0.1) is 5.69 Å². The average Bonchev–Trinajstić information content (AvgIpc) is 2.32. The molecule has 1 aromatic rings. The van der Waals surface area contributed by atoms with Crippen LogP contribution in [0.4, 0.5) is 0 Å². The summed E-state index contributed by atoms with van der Waals surface area (Å²) in [5.41, 5.74) is 2.57. The van der Waals surface area contributed by atoms with Crippen molar-refractivity contribution in [2.24, 2.45) is 0 Å². The van der Waals surface area contributed by atoms with Crippen LogP contribution in [-0.4, -0.2) is 9.97 Å². The zero-order chi connectivity index (χ0) is 8.39. The van der Waals surface area contributed by atoms with Crippen LogP contribution < -0.4 is 0 Å².